The van der Waals surface area contributed by atoms with Gasteiger partial charge in [-0.15, -0.1) is 24.0 Å². The molecule has 3 rings (SSSR count). The third-order valence-electron chi connectivity index (χ3n) is 3.83. The minimum atomic E-state index is -0.200. The number of anilines is 1. The number of nitrogens with zero attached hydrogens (tertiary/aromatic N) is 1. The smallest absolute Gasteiger partial charge is 0.193 e. The van der Waals surface area contributed by atoms with Crippen molar-refractivity contribution >= 4 is 35.6 Å². The van der Waals surface area contributed by atoms with Gasteiger partial charge >= 0.3 is 0 Å². The lowest BCUT2D eigenvalue weighted by Gasteiger charge is -2.08. The van der Waals surface area contributed by atoms with Gasteiger partial charge in [-0.1, -0.05) is 18.2 Å². The first-order valence-electron chi connectivity index (χ1n) is 7.45. The molecule has 0 aliphatic heterocycles. The summed E-state index contributed by atoms with van der Waals surface area (Å²) in [5.74, 6) is 0.484. The van der Waals surface area contributed by atoms with Crippen molar-refractivity contribution in [3.63, 3.8) is 0 Å². The van der Waals surface area contributed by atoms with Crippen molar-refractivity contribution in [3.05, 3.63) is 65.0 Å². The van der Waals surface area contributed by atoms with Gasteiger partial charge < -0.3 is 11.1 Å². The summed E-state index contributed by atoms with van der Waals surface area (Å²) in [5.41, 5.74) is 10.3. The maximum atomic E-state index is 13.2. The van der Waals surface area contributed by atoms with E-state index < -0.39 is 0 Å². The van der Waals surface area contributed by atoms with Gasteiger partial charge in [-0.25, -0.2) is 9.38 Å². The number of nitrogens with two attached hydrogens (primary N) is 1. The maximum absolute atomic E-state index is 13.2. The lowest BCUT2D eigenvalue weighted by atomic mass is 10.1. The Morgan fingerprint density at radius 3 is 2.52 bits per heavy atom. The van der Waals surface area contributed by atoms with Crippen molar-refractivity contribution in [2.24, 2.45) is 10.7 Å². The van der Waals surface area contributed by atoms with E-state index in [-0.39, 0.29) is 41.8 Å². The van der Waals surface area contributed by atoms with E-state index in [1.165, 1.54) is 17.2 Å². The van der Waals surface area contributed by atoms with E-state index in [2.05, 4.69) is 16.4 Å². The van der Waals surface area contributed by atoms with Crippen LogP contribution in [0.4, 0.5) is 10.1 Å². The Hall–Kier alpha value is -1.63. The molecule has 122 valence electrons. The van der Waals surface area contributed by atoms with Crippen LogP contribution in [0.3, 0.4) is 0 Å². The zero-order valence-electron chi connectivity index (χ0n) is 13.2. The topological polar surface area (TPSA) is 50.4 Å². The molecule has 3 N–H and O–H groups in total. The molecule has 0 saturated heterocycles. The minimum absolute atomic E-state index is 0. The highest BCUT2D eigenvalue weighted by molar-refractivity contribution is 14.0. The Morgan fingerprint density at radius 2 is 1.87 bits per heavy atom. The zero-order valence-corrected chi connectivity index (χ0v) is 15.5. The van der Waals surface area contributed by atoms with Crippen LogP contribution in [0.1, 0.15) is 29.0 Å². The van der Waals surface area contributed by atoms with Crippen LogP contribution in [0.2, 0.25) is 0 Å². The maximum Gasteiger partial charge on any atom is 0.193 e. The molecule has 2 aromatic carbocycles. The molecule has 0 heterocycles. The van der Waals surface area contributed by atoms with Gasteiger partial charge in [0.2, 0.25) is 0 Å². The van der Waals surface area contributed by atoms with Gasteiger partial charge in [-0.05, 0) is 61.2 Å². The second-order valence-electron chi connectivity index (χ2n) is 5.98. The van der Waals surface area contributed by atoms with Crippen molar-refractivity contribution < 1.29 is 4.39 Å². The molecule has 0 spiro atoms. The first kappa shape index (κ1) is 17.7. The molecule has 0 radical (unpaired) electrons. The van der Waals surface area contributed by atoms with Crippen LogP contribution in [-0.2, 0) is 0 Å². The molecular weight excluding hydrogens is 404 g/mol. The molecule has 2 unspecified atom stereocenters. The number of aliphatic imine (C=N–C) groups is 1. The number of hydrogen-bond acceptors (Lipinski definition) is 1. The fraction of sp³-hybridized carbons (Fsp3) is 0.278. The highest BCUT2D eigenvalue weighted by Gasteiger charge is 2.38. The van der Waals surface area contributed by atoms with Gasteiger partial charge in [0.15, 0.2) is 5.96 Å². The summed E-state index contributed by atoms with van der Waals surface area (Å²) >= 11 is 0. The summed E-state index contributed by atoms with van der Waals surface area (Å²) in [5, 5.41) is 3.13. The normalized spacial score (nSPS) is 19.9. The summed E-state index contributed by atoms with van der Waals surface area (Å²) in [7, 11) is 0. The van der Waals surface area contributed by atoms with Crippen LogP contribution in [0, 0.1) is 19.7 Å². The molecule has 0 amide bonds. The SMILES string of the molecule is Cc1cc(C)cc(NC(N)=NC2CC2c2cccc(F)c2)c1.I. The number of hydrogen-bond donors (Lipinski definition) is 2. The molecule has 5 heteroatoms. The van der Waals surface area contributed by atoms with Crippen LogP contribution in [-0.4, -0.2) is 12.0 Å². The average Bonchev–Trinajstić information content (AvgIpc) is 3.16. The molecule has 23 heavy (non-hydrogen) atoms. The van der Waals surface area contributed by atoms with E-state index >= 15 is 0 Å². The van der Waals surface area contributed by atoms with Crippen molar-refractivity contribution in [1.29, 1.82) is 0 Å². The van der Waals surface area contributed by atoms with Gasteiger partial charge in [-0.2, -0.15) is 0 Å². The number of guanidine groups is 1. The second-order valence-corrected chi connectivity index (χ2v) is 5.98. The summed E-state index contributed by atoms with van der Waals surface area (Å²) in [6, 6.07) is 13.0. The summed E-state index contributed by atoms with van der Waals surface area (Å²) in [6.07, 6.45) is 0.915. The van der Waals surface area contributed by atoms with Crippen LogP contribution in [0.25, 0.3) is 0 Å². The van der Waals surface area contributed by atoms with Crippen LogP contribution in [0.15, 0.2) is 47.5 Å². The number of aryl methyl sites for hydroxylation is 2. The monoisotopic (exact) mass is 425 g/mol. The number of nitrogens with one attached hydrogen (secondary N) is 1. The molecule has 0 bridgehead atoms. The molecular formula is C18H21FIN3. The summed E-state index contributed by atoms with van der Waals surface area (Å²) < 4.78 is 13.2. The molecule has 1 saturated carbocycles. The van der Waals surface area contributed by atoms with E-state index in [1.54, 1.807) is 12.1 Å². The van der Waals surface area contributed by atoms with Crippen LogP contribution < -0.4 is 11.1 Å². The third kappa shape index (κ3) is 4.67. The summed E-state index contributed by atoms with van der Waals surface area (Å²) in [4.78, 5) is 4.49. The van der Waals surface area contributed by atoms with E-state index in [0.717, 1.165) is 17.7 Å². The van der Waals surface area contributed by atoms with Crippen molar-refractivity contribution in [1.82, 2.24) is 0 Å². The van der Waals surface area contributed by atoms with E-state index in [9.17, 15) is 4.39 Å². The van der Waals surface area contributed by atoms with E-state index in [4.69, 9.17) is 5.73 Å². The van der Waals surface area contributed by atoms with E-state index in [0.29, 0.717) is 5.96 Å². The molecule has 1 aliphatic rings. The van der Waals surface area contributed by atoms with Gasteiger partial charge in [0, 0.05) is 11.6 Å². The fourth-order valence-corrected chi connectivity index (χ4v) is 2.83. The molecule has 2 atom stereocenters. The highest BCUT2D eigenvalue weighted by atomic mass is 127. The Labute approximate surface area is 153 Å². The van der Waals surface area contributed by atoms with Crippen molar-refractivity contribution in [2.45, 2.75) is 32.2 Å². The lowest BCUT2D eigenvalue weighted by molar-refractivity contribution is 0.625. The van der Waals surface area contributed by atoms with Crippen molar-refractivity contribution in [2.75, 3.05) is 5.32 Å². The van der Waals surface area contributed by atoms with Crippen LogP contribution in [0.5, 0.6) is 0 Å². The summed E-state index contributed by atoms with van der Waals surface area (Å²) in [6.45, 7) is 4.10. The predicted molar refractivity (Wildman–Crippen MR) is 104 cm³/mol. The number of benzene rings is 2. The zero-order chi connectivity index (χ0) is 15.7. The van der Waals surface area contributed by atoms with Crippen molar-refractivity contribution in [3.8, 4) is 0 Å². The van der Waals surface area contributed by atoms with Gasteiger partial charge in [0.25, 0.3) is 0 Å². The molecule has 1 fully saturated rings. The molecule has 0 aromatic heterocycles. The average molecular weight is 425 g/mol. The quantitative estimate of drug-likeness (QED) is 0.437. The number of rotatable bonds is 3. The van der Waals surface area contributed by atoms with E-state index in [1.807, 2.05) is 32.0 Å². The Morgan fingerprint density at radius 1 is 1.17 bits per heavy atom. The Balaban J connectivity index is 0.00000192. The minimum Gasteiger partial charge on any atom is -0.370 e. The predicted octanol–water partition coefficient (Wildman–Crippen LogP) is 4.34. The number of halogens is 2. The van der Waals surface area contributed by atoms with Crippen LogP contribution >= 0.6 is 24.0 Å². The second kappa shape index (κ2) is 7.29. The standard InChI is InChI=1S/C18H20FN3.HI/c1-11-6-12(2)8-15(7-11)21-18(20)22-17-10-16(17)13-4-3-5-14(19)9-13;/h3-9,16-17H,10H2,1-2H3,(H3,20,21,22);1H. The molecule has 2 aromatic rings. The highest BCUT2D eigenvalue weighted by Crippen LogP contribution is 2.43. The Bertz CT molecular complexity index is 710. The van der Waals surface area contributed by atoms with Gasteiger partial charge in [0.1, 0.15) is 5.82 Å². The van der Waals surface area contributed by atoms with Gasteiger partial charge in [-0.3, -0.25) is 0 Å². The molecule has 1 aliphatic carbocycles. The largest absolute Gasteiger partial charge is 0.370 e. The Kier molecular flexibility index (Phi) is 5.62. The first-order valence-corrected chi connectivity index (χ1v) is 7.45. The van der Waals surface area contributed by atoms with Gasteiger partial charge in [0.05, 0.1) is 6.04 Å². The third-order valence-corrected chi connectivity index (χ3v) is 3.83. The lowest BCUT2D eigenvalue weighted by Crippen LogP contribution is -2.23. The molecule has 3 nitrogen and oxygen atoms in total. The first-order chi connectivity index (χ1) is 10.5. The fourth-order valence-electron chi connectivity index (χ4n) is 2.83.